The summed E-state index contributed by atoms with van der Waals surface area (Å²) < 4.78 is 13.3. The van der Waals surface area contributed by atoms with Crippen LogP contribution in [0.3, 0.4) is 0 Å². The van der Waals surface area contributed by atoms with Crippen LogP contribution in [0.4, 0.5) is 4.39 Å². The first-order valence-electron chi connectivity index (χ1n) is 11.4. The first-order valence-corrected chi connectivity index (χ1v) is 11.4. The molecule has 32 heavy (non-hydrogen) atoms. The van der Waals surface area contributed by atoms with Gasteiger partial charge in [-0.3, -0.25) is 9.59 Å². The van der Waals surface area contributed by atoms with Crippen LogP contribution in [-0.2, 0) is 28.0 Å². The molecular formula is C27H37FN2O2. The SMILES string of the molecule is CC[C@@H](C(=O)NC(C)C)N(Cc1ccc(F)cc1)C(=O)CCc1ccc(C(C)(C)C)cc1. The number of carbonyl (C=O) groups excluding carboxylic acids is 2. The Bertz CT molecular complexity index is 883. The molecule has 0 aliphatic carbocycles. The van der Waals surface area contributed by atoms with Crippen LogP contribution in [-0.4, -0.2) is 28.8 Å². The summed E-state index contributed by atoms with van der Waals surface area (Å²) in [5.41, 5.74) is 3.22. The van der Waals surface area contributed by atoms with Gasteiger partial charge in [-0.1, -0.05) is 64.1 Å². The van der Waals surface area contributed by atoms with E-state index in [-0.39, 0.29) is 35.6 Å². The number of carbonyl (C=O) groups is 2. The van der Waals surface area contributed by atoms with Gasteiger partial charge in [0.2, 0.25) is 11.8 Å². The Labute approximate surface area is 192 Å². The molecule has 0 saturated carbocycles. The number of rotatable bonds is 9. The molecule has 0 aromatic heterocycles. The van der Waals surface area contributed by atoms with Crippen molar-refractivity contribution in [3.63, 3.8) is 0 Å². The van der Waals surface area contributed by atoms with Gasteiger partial charge in [0.25, 0.3) is 0 Å². The minimum atomic E-state index is -0.571. The highest BCUT2D eigenvalue weighted by atomic mass is 19.1. The molecule has 0 bridgehead atoms. The maximum absolute atomic E-state index is 13.3. The third-order valence-corrected chi connectivity index (χ3v) is 5.53. The van der Waals surface area contributed by atoms with Crippen LogP contribution in [0.5, 0.6) is 0 Å². The van der Waals surface area contributed by atoms with Crippen molar-refractivity contribution in [1.82, 2.24) is 10.2 Å². The highest BCUT2D eigenvalue weighted by Gasteiger charge is 2.28. The quantitative estimate of drug-likeness (QED) is 0.568. The van der Waals surface area contributed by atoms with Gasteiger partial charge in [0.05, 0.1) is 0 Å². The van der Waals surface area contributed by atoms with E-state index in [1.165, 1.54) is 17.7 Å². The molecule has 1 N–H and O–H groups in total. The Hall–Kier alpha value is -2.69. The van der Waals surface area contributed by atoms with Crippen molar-refractivity contribution in [3.8, 4) is 0 Å². The van der Waals surface area contributed by atoms with E-state index in [2.05, 4.69) is 50.4 Å². The van der Waals surface area contributed by atoms with Gasteiger partial charge in [0.15, 0.2) is 0 Å². The number of halogens is 1. The minimum absolute atomic E-state index is 0.0133. The third-order valence-electron chi connectivity index (χ3n) is 5.53. The molecule has 0 saturated heterocycles. The van der Waals surface area contributed by atoms with Crippen molar-refractivity contribution in [1.29, 1.82) is 0 Å². The van der Waals surface area contributed by atoms with Gasteiger partial charge < -0.3 is 10.2 Å². The number of aryl methyl sites for hydroxylation is 1. The topological polar surface area (TPSA) is 49.4 Å². The second-order valence-electron chi connectivity index (χ2n) is 9.68. The Morgan fingerprint density at radius 1 is 0.969 bits per heavy atom. The van der Waals surface area contributed by atoms with Crippen LogP contribution in [0.1, 0.15) is 71.1 Å². The van der Waals surface area contributed by atoms with Crippen molar-refractivity contribution in [3.05, 3.63) is 71.0 Å². The molecule has 0 aliphatic heterocycles. The van der Waals surface area contributed by atoms with Gasteiger partial charge in [-0.15, -0.1) is 0 Å². The Kier molecular flexibility index (Phi) is 8.99. The second-order valence-corrected chi connectivity index (χ2v) is 9.68. The zero-order valence-corrected chi connectivity index (χ0v) is 20.2. The fraction of sp³-hybridized carbons (Fsp3) is 0.481. The number of hydrogen-bond donors (Lipinski definition) is 1. The molecule has 1 atom stereocenters. The van der Waals surface area contributed by atoms with E-state index in [0.717, 1.165) is 11.1 Å². The number of nitrogens with zero attached hydrogens (tertiary/aromatic N) is 1. The zero-order chi connectivity index (χ0) is 23.9. The molecule has 0 radical (unpaired) electrons. The van der Waals surface area contributed by atoms with E-state index in [9.17, 15) is 14.0 Å². The molecule has 4 nitrogen and oxygen atoms in total. The Balaban J connectivity index is 2.18. The van der Waals surface area contributed by atoms with Gasteiger partial charge in [-0.2, -0.15) is 0 Å². The molecular weight excluding hydrogens is 403 g/mol. The van der Waals surface area contributed by atoms with Crippen molar-refractivity contribution >= 4 is 11.8 Å². The smallest absolute Gasteiger partial charge is 0.243 e. The van der Waals surface area contributed by atoms with E-state index in [1.54, 1.807) is 17.0 Å². The summed E-state index contributed by atoms with van der Waals surface area (Å²) in [5.74, 6) is -0.567. The lowest BCUT2D eigenvalue weighted by Crippen LogP contribution is -2.50. The minimum Gasteiger partial charge on any atom is -0.352 e. The highest BCUT2D eigenvalue weighted by Crippen LogP contribution is 2.23. The predicted molar refractivity (Wildman–Crippen MR) is 128 cm³/mol. The maximum Gasteiger partial charge on any atom is 0.243 e. The molecule has 5 heteroatoms. The molecule has 2 amide bonds. The van der Waals surface area contributed by atoms with Crippen molar-refractivity contribution in [2.75, 3.05) is 0 Å². The second kappa shape index (κ2) is 11.3. The Morgan fingerprint density at radius 3 is 2.03 bits per heavy atom. The lowest BCUT2D eigenvalue weighted by atomic mass is 9.86. The normalized spacial score (nSPS) is 12.5. The fourth-order valence-corrected chi connectivity index (χ4v) is 3.65. The fourth-order valence-electron chi connectivity index (χ4n) is 3.65. The summed E-state index contributed by atoms with van der Waals surface area (Å²) in [7, 11) is 0. The molecule has 0 fully saturated rings. The van der Waals surface area contributed by atoms with Crippen LogP contribution in [0, 0.1) is 5.82 Å². The average Bonchev–Trinajstić information content (AvgIpc) is 2.72. The van der Waals surface area contributed by atoms with Crippen LogP contribution < -0.4 is 5.32 Å². The summed E-state index contributed by atoms with van der Waals surface area (Å²) in [6, 6.07) is 13.9. The monoisotopic (exact) mass is 440 g/mol. The number of hydrogen-bond acceptors (Lipinski definition) is 2. The molecule has 0 unspecified atom stereocenters. The van der Waals surface area contributed by atoms with E-state index in [1.807, 2.05) is 20.8 Å². The van der Waals surface area contributed by atoms with E-state index < -0.39 is 6.04 Å². The molecule has 0 aliphatic rings. The predicted octanol–water partition coefficient (Wildman–Crippen LogP) is 5.39. The molecule has 2 aromatic carbocycles. The first kappa shape index (κ1) is 25.6. The van der Waals surface area contributed by atoms with E-state index in [0.29, 0.717) is 19.3 Å². The molecule has 174 valence electrons. The van der Waals surface area contributed by atoms with Crippen molar-refractivity contribution in [2.45, 2.75) is 84.8 Å². The zero-order valence-electron chi connectivity index (χ0n) is 20.2. The number of nitrogens with one attached hydrogen (secondary N) is 1. The molecule has 2 aromatic rings. The molecule has 0 spiro atoms. The molecule has 2 rings (SSSR count). The maximum atomic E-state index is 13.3. The van der Waals surface area contributed by atoms with Gasteiger partial charge in [-0.05, 0) is 60.9 Å². The van der Waals surface area contributed by atoms with Gasteiger partial charge in [0.1, 0.15) is 11.9 Å². The lowest BCUT2D eigenvalue weighted by Gasteiger charge is -2.31. The molecule has 0 heterocycles. The number of benzene rings is 2. The van der Waals surface area contributed by atoms with E-state index >= 15 is 0 Å². The van der Waals surface area contributed by atoms with E-state index in [4.69, 9.17) is 0 Å². The van der Waals surface area contributed by atoms with Gasteiger partial charge in [-0.25, -0.2) is 4.39 Å². The van der Waals surface area contributed by atoms with Crippen LogP contribution >= 0.6 is 0 Å². The van der Waals surface area contributed by atoms with Crippen molar-refractivity contribution in [2.24, 2.45) is 0 Å². The van der Waals surface area contributed by atoms with Gasteiger partial charge >= 0.3 is 0 Å². The lowest BCUT2D eigenvalue weighted by molar-refractivity contribution is -0.141. The summed E-state index contributed by atoms with van der Waals surface area (Å²) in [6.07, 6.45) is 1.42. The largest absolute Gasteiger partial charge is 0.352 e. The summed E-state index contributed by atoms with van der Waals surface area (Å²) >= 11 is 0. The summed E-state index contributed by atoms with van der Waals surface area (Å²) in [4.78, 5) is 27.7. The van der Waals surface area contributed by atoms with Crippen LogP contribution in [0.2, 0.25) is 0 Å². The highest BCUT2D eigenvalue weighted by molar-refractivity contribution is 5.87. The Morgan fingerprint density at radius 2 is 1.53 bits per heavy atom. The third kappa shape index (κ3) is 7.47. The summed E-state index contributed by atoms with van der Waals surface area (Å²) in [5, 5.41) is 2.93. The average molecular weight is 441 g/mol. The first-order chi connectivity index (χ1) is 15.0. The van der Waals surface area contributed by atoms with Crippen molar-refractivity contribution < 1.29 is 14.0 Å². The standard InChI is InChI=1S/C27H37FN2O2/c1-7-24(26(32)29-19(2)3)30(18-21-10-15-23(28)16-11-21)25(31)17-12-20-8-13-22(14-9-20)27(4,5)6/h8-11,13-16,19,24H,7,12,17-18H2,1-6H3,(H,29,32)/t24-/m0/s1. The number of amides is 2. The van der Waals surface area contributed by atoms with Gasteiger partial charge in [0, 0.05) is 19.0 Å². The van der Waals surface area contributed by atoms with Crippen LogP contribution in [0.15, 0.2) is 48.5 Å². The van der Waals surface area contributed by atoms with Crippen LogP contribution in [0.25, 0.3) is 0 Å². The summed E-state index contributed by atoms with van der Waals surface area (Å²) in [6.45, 7) is 12.5.